The average molecular weight is 410 g/mol. The van der Waals surface area contributed by atoms with E-state index < -0.39 is 33.6 Å². The van der Waals surface area contributed by atoms with Gasteiger partial charge in [-0.15, -0.1) is 0 Å². The van der Waals surface area contributed by atoms with E-state index in [-0.39, 0.29) is 5.69 Å². The Morgan fingerprint density at radius 1 is 1.14 bits per heavy atom. The standard InChI is InChI=1S/C20H24F2N2O3S/c1-14-6-4-7-16(12-14)8-5-11-23-20(25)15(2)24(28(3,26)27)17-9-10-18(21)19(22)13-17/h4,6-7,9-10,12-13,15H,5,8,11H2,1-3H3,(H,23,25)/t15-/m1/s1. The highest BCUT2D eigenvalue weighted by Gasteiger charge is 2.29. The number of hydrogen-bond donors (Lipinski definition) is 1. The normalized spacial score (nSPS) is 12.5. The summed E-state index contributed by atoms with van der Waals surface area (Å²) in [6.07, 6.45) is 2.37. The van der Waals surface area contributed by atoms with Crippen molar-refractivity contribution in [1.29, 1.82) is 0 Å². The van der Waals surface area contributed by atoms with Gasteiger partial charge in [0.2, 0.25) is 15.9 Å². The molecule has 1 amide bonds. The van der Waals surface area contributed by atoms with Crippen LogP contribution in [0, 0.1) is 18.6 Å². The second kappa shape index (κ2) is 9.14. The molecule has 0 aromatic heterocycles. The summed E-state index contributed by atoms with van der Waals surface area (Å²) < 4.78 is 51.8. The summed E-state index contributed by atoms with van der Waals surface area (Å²) in [5, 5.41) is 2.70. The number of carbonyl (C=O) groups is 1. The van der Waals surface area contributed by atoms with Crippen molar-refractivity contribution in [3.8, 4) is 0 Å². The summed E-state index contributed by atoms with van der Waals surface area (Å²) in [5.74, 6) is -2.79. The smallest absolute Gasteiger partial charge is 0.243 e. The number of aryl methyl sites for hydroxylation is 2. The monoisotopic (exact) mass is 410 g/mol. The van der Waals surface area contributed by atoms with Crippen LogP contribution in [-0.2, 0) is 21.2 Å². The molecular formula is C20H24F2N2O3S. The SMILES string of the molecule is Cc1cccc(CCCNC(=O)[C@@H](C)N(c2ccc(F)c(F)c2)S(C)(=O)=O)c1. The Balaban J connectivity index is 2.02. The first-order valence-corrected chi connectivity index (χ1v) is 10.7. The maximum absolute atomic E-state index is 13.5. The van der Waals surface area contributed by atoms with Gasteiger partial charge >= 0.3 is 0 Å². The molecule has 0 bridgehead atoms. The number of sulfonamides is 1. The molecule has 2 rings (SSSR count). The molecule has 1 atom stereocenters. The van der Waals surface area contributed by atoms with Crippen LogP contribution >= 0.6 is 0 Å². The van der Waals surface area contributed by atoms with Crippen LogP contribution in [0.5, 0.6) is 0 Å². The number of nitrogens with one attached hydrogen (secondary N) is 1. The second-order valence-electron chi connectivity index (χ2n) is 6.72. The summed E-state index contributed by atoms with van der Waals surface area (Å²) in [6.45, 7) is 3.77. The van der Waals surface area contributed by atoms with E-state index >= 15 is 0 Å². The zero-order valence-electron chi connectivity index (χ0n) is 16.1. The lowest BCUT2D eigenvalue weighted by molar-refractivity contribution is -0.121. The van der Waals surface area contributed by atoms with Gasteiger partial charge in [-0.25, -0.2) is 17.2 Å². The molecule has 0 aliphatic carbocycles. The van der Waals surface area contributed by atoms with E-state index in [9.17, 15) is 22.0 Å². The minimum absolute atomic E-state index is 0.108. The molecule has 8 heteroatoms. The van der Waals surface area contributed by atoms with Crippen LogP contribution in [0.3, 0.4) is 0 Å². The Bertz CT molecular complexity index is 948. The first-order chi connectivity index (χ1) is 13.1. The molecule has 1 N–H and O–H groups in total. The average Bonchev–Trinajstić information content (AvgIpc) is 2.60. The summed E-state index contributed by atoms with van der Waals surface area (Å²) in [7, 11) is -3.89. The molecule has 5 nitrogen and oxygen atoms in total. The number of anilines is 1. The lowest BCUT2D eigenvalue weighted by Crippen LogP contribution is -2.48. The maximum atomic E-state index is 13.5. The Morgan fingerprint density at radius 2 is 1.86 bits per heavy atom. The van der Waals surface area contributed by atoms with Crippen molar-refractivity contribution in [1.82, 2.24) is 5.32 Å². The predicted molar refractivity (Wildman–Crippen MR) is 106 cm³/mol. The minimum atomic E-state index is -3.89. The minimum Gasteiger partial charge on any atom is -0.354 e. The highest BCUT2D eigenvalue weighted by Crippen LogP contribution is 2.23. The Hall–Kier alpha value is -2.48. The quantitative estimate of drug-likeness (QED) is 0.680. The van der Waals surface area contributed by atoms with E-state index in [4.69, 9.17) is 0 Å². The van der Waals surface area contributed by atoms with Crippen LogP contribution in [0.2, 0.25) is 0 Å². The third-order valence-corrected chi connectivity index (χ3v) is 5.51. The van der Waals surface area contributed by atoms with Gasteiger partial charge in [-0.05, 0) is 44.4 Å². The molecule has 0 heterocycles. The molecule has 0 spiro atoms. The lowest BCUT2D eigenvalue weighted by Gasteiger charge is -2.28. The molecular weight excluding hydrogens is 386 g/mol. The van der Waals surface area contributed by atoms with E-state index in [1.165, 1.54) is 6.92 Å². The van der Waals surface area contributed by atoms with Crippen molar-refractivity contribution in [2.75, 3.05) is 17.1 Å². The van der Waals surface area contributed by atoms with Crippen molar-refractivity contribution < 1.29 is 22.0 Å². The van der Waals surface area contributed by atoms with E-state index in [2.05, 4.69) is 11.4 Å². The molecule has 2 aromatic carbocycles. The number of carbonyl (C=O) groups excluding carboxylic acids is 1. The number of amides is 1. The lowest BCUT2D eigenvalue weighted by atomic mass is 10.1. The van der Waals surface area contributed by atoms with Crippen molar-refractivity contribution in [2.45, 2.75) is 32.7 Å². The Kier molecular flexibility index (Phi) is 7.12. The van der Waals surface area contributed by atoms with Crippen LogP contribution < -0.4 is 9.62 Å². The fraction of sp³-hybridized carbons (Fsp3) is 0.350. The molecule has 0 saturated heterocycles. The van der Waals surface area contributed by atoms with Gasteiger partial charge in [0, 0.05) is 12.6 Å². The summed E-state index contributed by atoms with van der Waals surface area (Å²) >= 11 is 0. The van der Waals surface area contributed by atoms with Gasteiger partial charge in [0.1, 0.15) is 6.04 Å². The van der Waals surface area contributed by atoms with Crippen LogP contribution in [-0.4, -0.2) is 33.2 Å². The Morgan fingerprint density at radius 3 is 2.46 bits per heavy atom. The molecule has 2 aromatic rings. The zero-order valence-corrected chi connectivity index (χ0v) is 16.9. The van der Waals surface area contributed by atoms with Crippen molar-refractivity contribution in [3.63, 3.8) is 0 Å². The van der Waals surface area contributed by atoms with Gasteiger partial charge in [0.25, 0.3) is 0 Å². The molecule has 0 aliphatic rings. The summed E-state index contributed by atoms with van der Waals surface area (Å²) in [5.41, 5.74) is 2.20. The largest absolute Gasteiger partial charge is 0.354 e. The van der Waals surface area contributed by atoms with Crippen molar-refractivity contribution in [3.05, 3.63) is 65.2 Å². The molecule has 28 heavy (non-hydrogen) atoms. The number of rotatable bonds is 8. The van der Waals surface area contributed by atoms with Gasteiger partial charge in [-0.3, -0.25) is 9.10 Å². The van der Waals surface area contributed by atoms with Gasteiger partial charge in [-0.1, -0.05) is 29.8 Å². The first kappa shape index (κ1) is 21.8. The fourth-order valence-electron chi connectivity index (χ4n) is 2.95. The summed E-state index contributed by atoms with van der Waals surface area (Å²) in [4.78, 5) is 12.4. The second-order valence-corrected chi connectivity index (χ2v) is 8.58. The third-order valence-electron chi connectivity index (χ3n) is 4.27. The van der Waals surface area contributed by atoms with Crippen LogP contribution in [0.25, 0.3) is 0 Å². The molecule has 0 aliphatic heterocycles. The number of hydrogen-bond acceptors (Lipinski definition) is 3. The Labute approximate surface area is 164 Å². The summed E-state index contributed by atoms with van der Waals surface area (Å²) in [6, 6.07) is 9.65. The van der Waals surface area contributed by atoms with E-state index in [0.29, 0.717) is 13.0 Å². The van der Waals surface area contributed by atoms with Gasteiger partial charge in [-0.2, -0.15) is 0 Å². The predicted octanol–water partition coefficient (Wildman–Crippen LogP) is 3.18. The van der Waals surface area contributed by atoms with Gasteiger partial charge in [0.15, 0.2) is 11.6 Å². The number of benzene rings is 2. The van der Waals surface area contributed by atoms with Gasteiger partial charge < -0.3 is 5.32 Å². The maximum Gasteiger partial charge on any atom is 0.243 e. The van der Waals surface area contributed by atoms with Crippen molar-refractivity contribution in [2.24, 2.45) is 0 Å². The zero-order chi connectivity index (χ0) is 20.9. The van der Waals surface area contributed by atoms with Crippen LogP contribution in [0.1, 0.15) is 24.5 Å². The number of halogens is 2. The van der Waals surface area contributed by atoms with E-state index in [0.717, 1.165) is 46.3 Å². The molecule has 0 fully saturated rings. The van der Waals surface area contributed by atoms with Crippen LogP contribution in [0.4, 0.5) is 14.5 Å². The highest BCUT2D eigenvalue weighted by molar-refractivity contribution is 7.92. The van der Waals surface area contributed by atoms with Gasteiger partial charge in [0.05, 0.1) is 11.9 Å². The molecule has 0 saturated carbocycles. The molecule has 0 radical (unpaired) electrons. The van der Waals surface area contributed by atoms with Crippen molar-refractivity contribution >= 4 is 21.6 Å². The first-order valence-electron chi connectivity index (χ1n) is 8.87. The molecule has 0 unspecified atom stereocenters. The molecule has 152 valence electrons. The number of nitrogens with zero attached hydrogens (tertiary/aromatic N) is 1. The fourth-order valence-corrected chi connectivity index (χ4v) is 4.12. The van der Waals surface area contributed by atoms with Crippen LogP contribution in [0.15, 0.2) is 42.5 Å². The topological polar surface area (TPSA) is 66.5 Å². The highest BCUT2D eigenvalue weighted by atomic mass is 32.2. The third kappa shape index (κ3) is 5.76. The van der Waals surface area contributed by atoms with E-state index in [1.807, 2.05) is 25.1 Å². The van der Waals surface area contributed by atoms with E-state index in [1.54, 1.807) is 0 Å².